The Labute approximate surface area is 123 Å². The Morgan fingerprint density at radius 1 is 1.52 bits per heavy atom. The number of nitrogens with one attached hydrogen (secondary N) is 2. The van der Waals surface area contributed by atoms with E-state index in [1.807, 2.05) is 0 Å². The molecular weight excluding hydrogens is 278 g/mol. The number of aromatic nitrogens is 2. The molecule has 0 radical (unpaired) electrons. The molecule has 0 spiro atoms. The molecule has 0 aliphatic carbocycles. The first-order valence-corrected chi connectivity index (χ1v) is 7.23. The minimum absolute atomic E-state index is 0.0909. The lowest BCUT2D eigenvalue weighted by atomic mass is 9.94. The summed E-state index contributed by atoms with van der Waals surface area (Å²) in [6.45, 7) is 4.37. The number of nitrogens with zero attached hydrogens (tertiary/aromatic N) is 2. The SMILES string of the molecule is Cc1nn(C(F)F)c(C)c1CC(=O)NC1CNCCC1C. The van der Waals surface area contributed by atoms with Crippen LogP contribution in [0.1, 0.15) is 36.8 Å². The van der Waals surface area contributed by atoms with E-state index in [4.69, 9.17) is 0 Å². The summed E-state index contributed by atoms with van der Waals surface area (Å²) in [5.41, 5.74) is 1.43. The van der Waals surface area contributed by atoms with Gasteiger partial charge in [0.15, 0.2) is 0 Å². The molecule has 1 amide bonds. The fourth-order valence-electron chi connectivity index (χ4n) is 2.74. The van der Waals surface area contributed by atoms with Gasteiger partial charge in [-0.3, -0.25) is 4.79 Å². The van der Waals surface area contributed by atoms with Crippen LogP contribution < -0.4 is 10.6 Å². The van der Waals surface area contributed by atoms with E-state index in [-0.39, 0.29) is 18.4 Å². The minimum Gasteiger partial charge on any atom is -0.352 e. The maximum Gasteiger partial charge on any atom is 0.333 e. The molecule has 7 heteroatoms. The van der Waals surface area contributed by atoms with E-state index in [0.29, 0.717) is 27.6 Å². The van der Waals surface area contributed by atoms with Crippen molar-refractivity contribution in [2.24, 2.45) is 5.92 Å². The zero-order valence-electron chi connectivity index (χ0n) is 12.6. The summed E-state index contributed by atoms with van der Waals surface area (Å²) in [6, 6.07) is 0.0944. The van der Waals surface area contributed by atoms with E-state index in [9.17, 15) is 13.6 Å². The van der Waals surface area contributed by atoms with Crippen LogP contribution in [0.25, 0.3) is 0 Å². The van der Waals surface area contributed by atoms with Gasteiger partial charge in [-0.05, 0) is 32.7 Å². The molecule has 2 atom stereocenters. The van der Waals surface area contributed by atoms with Gasteiger partial charge in [0, 0.05) is 23.8 Å². The molecule has 2 rings (SSSR count). The fourth-order valence-corrected chi connectivity index (χ4v) is 2.74. The Kier molecular flexibility index (Phi) is 4.92. The largest absolute Gasteiger partial charge is 0.352 e. The number of halogens is 2. The van der Waals surface area contributed by atoms with E-state index in [1.165, 1.54) is 0 Å². The Morgan fingerprint density at radius 2 is 2.24 bits per heavy atom. The molecule has 1 aromatic heterocycles. The van der Waals surface area contributed by atoms with Gasteiger partial charge in [-0.25, -0.2) is 4.68 Å². The van der Waals surface area contributed by atoms with Gasteiger partial charge >= 0.3 is 6.55 Å². The fraction of sp³-hybridized carbons (Fsp3) is 0.714. The summed E-state index contributed by atoms with van der Waals surface area (Å²) in [4.78, 5) is 12.1. The zero-order valence-corrected chi connectivity index (χ0v) is 12.6. The van der Waals surface area contributed by atoms with Crippen molar-refractivity contribution in [2.45, 2.75) is 46.2 Å². The average Bonchev–Trinajstić information content (AvgIpc) is 2.69. The van der Waals surface area contributed by atoms with Gasteiger partial charge in [-0.2, -0.15) is 13.9 Å². The van der Waals surface area contributed by atoms with Crippen molar-refractivity contribution < 1.29 is 13.6 Å². The number of carbonyl (C=O) groups excluding carboxylic acids is 1. The first-order valence-electron chi connectivity index (χ1n) is 7.23. The van der Waals surface area contributed by atoms with Gasteiger partial charge in [0.1, 0.15) is 0 Å². The molecule has 5 nitrogen and oxygen atoms in total. The van der Waals surface area contributed by atoms with Crippen molar-refractivity contribution in [1.29, 1.82) is 0 Å². The summed E-state index contributed by atoms with van der Waals surface area (Å²) in [5, 5.41) is 10.0. The molecule has 1 aliphatic rings. The molecule has 1 aromatic rings. The molecule has 0 saturated carbocycles. The van der Waals surface area contributed by atoms with Gasteiger partial charge in [0.2, 0.25) is 5.91 Å². The molecule has 0 bridgehead atoms. The zero-order chi connectivity index (χ0) is 15.6. The first kappa shape index (κ1) is 15.9. The predicted octanol–water partition coefficient (Wildman–Crippen LogP) is 1.55. The number of hydrogen-bond donors (Lipinski definition) is 2. The maximum atomic E-state index is 12.8. The van der Waals surface area contributed by atoms with Crippen LogP contribution in [-0.4, -0.2) is 34.8 Å². The lowest BCUT2D eigenvalue weighted by Crippen LogP contribution is -2.50. The van der Waals surface area contributed by atoms with Crippen LogP contribution in [-0.2, 0) is 11.2 Å². The van der Waals surface area contributed by atoms with Crippen LogP contribution in [0.4, 0.5) is 8.78 Å². The lowest BCUT2D eigenvalue weighted by molar-refractivity contribution is -0.121. The number of alkyl halides is 2. The molecule has 1 aliphatic heterocycles. The molecule has 1 saturated heterocycles. The molecule has 21 heavy (non-hydrogen) atoms. The van der Waals surface area contributed by atoms with Crippen molar-refractivity contribution in [3.05, 3.63) is 17.0 Å². The summed E-state index contributed by atoms with van der Waals surface area (Å²) >= 11 is 0. The molecule has 2 N–H and O–H groups in total. The Balaban J connectivity index is 2.02. The van der Waals surface area contributed by atoms with E-state index in [1.54, 1.807) is 13.8 Å². The summed E-state index contributed by atoms with van der Waals surface area (Å²) in [5.74, 6) is 0.275. The van der Waals surface area contributed by atoms with Gasteiger partial charge in [-0.1, -0.05) is 6.92 Å². The highest BCUT2D eigenvalue weighted by Gasteiger charge is 2.24. The van der Waals surface area contributed by atoms with Gasteiger partial charge in [-0.15, -0.1) is 0 Å². The van der Waals surface area contributed by atoms with Gasteiger partial charge < -0.3 is 10.6 Å². The van der Waals surface area contributed by atoms with Gasteiger partial charge in [0.05, 0.1) is 12.1 Å². The van der Waals surface area contributed by atoms with Crippen LogP contribution in [0, 0.1) is 19.8 Å². The van der Waals surface area contributed by atoms with Crippen LogP contribution in [0.5, 0.6) is 0 Å². The van der Waals surface area contributed by atoms with E-state index in [0.717, 1.165) is 19.5 Å². The van der Waals surface area contributed by atoms with Gasteiger partial charge in [0.25, 0.3) is 0 Å². The van der Waals surface area contributed by atoms with Crippen molar-refractivity contribution in [1.82, 2.24) is 20.4 Å². The monoisotopic (exact) mass is 300 g/mol. The molecule has 0 aromatic carbocycles. The number of piperidine rings is 1. The second kappa shape index (κ2) is 6.51. The third-order valence-corrected chi connectivity index (χ3v) is 4.17. The molecular formula is C14H22F2N4O. The average molecular weight is 300 g/mol. The Morgan fingerprint density at radius 3 is 2.81 bits per heavy atom. The molecule has 2 heterocycles. The number of amides is 1. The third-order valence-electron chi connectivity index (χ3n) is 4.17. The quantitative estimate of drug-likeness (QED) is 0.887. The number of carbonyl (C=O) groups is 1. The van der Waals surface area contributed by atoms with E-state index >= 15 is 0 Å². The molecule has 2 unspecified atom stereocenters. The van der Waals surface area contributed by atoms with Crippen molar-refractivity contribution in [3.63, 3.8) is 0 Å². The minimum atomic E-state index is -2.68. The van der Waals surface area contributed by atoms with Crippen molar-refractivity contribution in [2.75, 3.05) is 13.1 Å². The van der Waals surface area contributed by atoms with Crippen molar-refractivity contribution >= 4 is 5.91 Å². The topological polar surface area (TPSA) is 59.0 Å². The van der Waals surface area contributed by atoms with Crippen LogP contribution in [0.2, 0.25) is 0 Å². The second-order valence-electron chi connectivity index (χ2n) is 5.69. The predicted molar refractivity (Wildman–Crippen MR) is 75.2 cm³/mol. The highest BCUT2D eigenvalue weighted by Crippen LogP contribution is 2.20. The standard InChI is InChI=1S/C14H22F2N4O/c1-8-4-5-17-7-12(8)18-13(21)6-11-9(2)19-20(10(11)3)14(15)16/h8,12,14,17H,4-7H2,1-3H3,(H,18,21). The number of rotatable bonds is 4. The van der Waals surface area contributed by atoms with Crippen molar-refractivity contribution in [3.8, 4) is 0 Å². The van der Waals surface area contributed by atoms with E-state index in [2.05, 4.69) is 22.7 Å². The second-order valence-corrected chi connectivity index (χ2v) is 5.69. The highest BCUT2D eigenvalue weighted by molar-refractivity contribution is 5.79. The summed E-state index contributed by atoms with van der Waals surface area (Å²) in [7, 11) is 0. The van der Waals surface area contributed by atoms with Crippen LogP contribution in [0.3, 0.4) is 0 Å². The number of hydrogen-bond acceptors (Lipinski definition) is 3. The normalized spacial score (nSPS) is 22.6. The first-order chi connectivity index (χ1) is 9.90. The molecule has 118 valence electrons. The van der Waals surface area contributed by atoms with Crippen LogP contribution in [0.15, 0.2) is 0 Å². The summed E-state index contributed by atoms with van der Waals surface area (Å²) in [6.07, 6.45) is 1.11. The van der Waals surface area contributed by atoms with E-state index < -0.39 is 6.55 Å². The summed E-state index contributed by atoms with van der Waals surface area (Å²) < 4.78 is 26.2. The highest BCUT2D eigenvalue weighted by atomic mass is 19.3. The smallest absolute Gasteiger partial charge is 0.333 e. The Hall–Kier alpha value is -1.50. The third kappa shape index (κ3) is 3.58. The van der Waals surface area contributed by atoms with Crippen LogP contribution >= 0.6 is 0 Å². The maximum absolute atomic E-state index is 12.8. The lowest BCUT2D eigenvalue weighted by Gasteiger charge is -2.30. The molecule has 1 fully saturated rings. The number of aryl methyl sites for hydroxylation is 1. The Bertz CT molecular complexity index is 515.